The van der Waals surface area contributed by atoms with E-state index in [1.54, 1.807) is 37.0 Å². The molecular formula is C23H25N3O4. The van der Waals surface area contributed by atoms with Gasteiger partial charge in [-0.3, -0.25) is 14.2 Å². The molecule has 1 aromatic heterocycles. The van der Waals surface area contributed by atoms with Crippen LogP contribution in [0.2, 0.25) is 0 Å². The van der Waals surface area contributed by atoms with E-state index in [9.17, 15) is 9.59 Å². The molecule has 7 heteroatoms. The molecule has 0 saturated carbocycles. The third-order valence-corrected chi connectivity index (χ3v) is 5.48. The molecule has 30 heavy (non-hydrogen) atoms. The standard InChI is InChI=1S/C23H25N3O4/c1-29-19-9-6-15(13-20(19)30-2)10-11-24-22(27)16-7-8-17-18(14-16)25-21-5-3-4-12-26(21)23(17)28/h6-9,13-14H,3-5,10-12H2,1-2H3,(H,24,27). The van der Waals surface area contributed by atoms with Crippen LogP contribution < -0.4 is 20.3 Å². The Morgan fingerprint density at radius 1 is 1.10 bits per heavy atom. The van der Waals surface area contributed by atoms with Crippen LogP contribution in [0.4, 0.5) is 0 Å². The van der Waals surface area contributed by atoms with E-state index in [1.807, 2.05) is 18.2 Å². The molecule has 0 bridgehead atoms. The molecule has 4 rings (SSSR count). The Balaban J connectivity index is 1.46. The topological polar surface area (TPSA) is 82.5 Å². The number of rotatable bonds is 6. The Bertz CT molecular complexity index is 1150. The lowest BCUT2D eigenvalue weighted by Gasteiger charge is -2.17. The van der Waals surface area contributed by atoms with Crippen LogP contribution >= 0.6 is 0 Å². The fourth-order valence-corrected chi connectivity index (χ4v) is 3.84. The number of amides is 1. The van der Waals surface area contributed by atoms with Gasteiger partial charge in [0.2, 0.25) is 0 Å². The number of hydrogen-bond acceptors (Lipinski definition) is 5. The normalized spacial score (nSPS) is 13.0. The van der Waals surface area contributed by atoms with E-state index in [4.69, 9.17) is 9.47 Å². The molecule has 0 spiro atoms. The highest BCUT2D eigenvalue weighted by Gasteiger charge is 2.16. The Morgan fingerprint density at radius 2 is 1.93 bits per heavy atom. The van der Waals surface area contributed by atoms with Gasteiger partial charge in [0.05, 0.1) is 25.1 Å². The molecule has 0 fully saturated rings. The summed E-state index contributed by atoms with van der Waals surface area (Å²) in [5, 5.41) is 3.49. The molecule has 1 N–H and O–H groups in total. The van der Waals surface area contributed by atoms with Crippen LogP contribution in [0.3, 0.4) is 0 Å². The maximum absolute atomic E-state index is 12.7. The quantitative estimate of drug-likeness (QED) is 0.679. The van der Waals surface area contributed by atoms with Gasteiger partial charge in [0.25, 0.3) is 11.5 Å². The summed E-state index contributed by atoms with van der Waals surface area (Å²) in [4.78, 5) is 29.9. The molecule has 0 radical (unpaired) electrons. The monoisotopic (exact) mass is 407 g/mol. The lowest BCUT2D eigenvalue weighted by Crippen LogP contribution is -2.29. The zero-order valence-corrected chi connectivity index (χ0v) is 17.2. The van der Waals surface area contributed by atoms with Gasteiger partial charge in [0.1, 0.15) is 5.82 Å². The van der Waals surface area contributed by atoms with Gasteiger partial charge in [-0.1, -0.05) is 6.07 Å². The molecular weight excluding hydrogens is 382 g/mol. The van der Waals surface area contributed by atoms with E-state index in [0.717, 1.165) is 37.2 Å². The third-order valence-electron chi connectivity index (χ3n) is 5.48. The maximum atomic E-state index is 12.7. The average Bonchev–Trinajstić information content (AvgIpc) is 2.78. The van der Waals surface area contributed by atoms with E-state index >= 15 is 0 Å². The lowest BCUT2D eigenvalue weighted by atomic mass is 10.1. The van der Waals surface area contributed by atoms with Gasteiger partial charge in [-0.25, -0.2) is 4.98 Å². The van der Waals surface area contributed by atoms with Crippen molar-refractivity contribution in [1.29, 1.82) is 0 Å². The van der Waals surface area contributed by atoms with Gasteiger partial charge < -0.3 is 14.8 Å². The van der Waals surface area contributed by atoms with Gasteiger partial charge in [0.15, 0.2) is 11.5 Å². The molecule has 156 valence electrons. The number of hydrogen-bond donors (Lipinski definition) is 1. The molecule has 0 unspecified atom stereocenters. The SMILES string of the molecule is COc1ccc(CCNC(=O)c2ccc3c(=O)n4c(nc3c2)CCCC4)cc1OC. The lowest BCUT2D eigenvalue weighted by molar-refractivity contribution is 0.0954. The van der Waals surface area contributed by atoms with E-state index < -0.39 is 0 Å². The number of carbonyl (C=O) groups is 1. The van der Waals surface area contributed by atoms with E-state index in [-0.39, 0.29) is 11.5 Å². The summed E-state index contributed by atoms with van der Waals surface area (Å²) in [5.74, 6) is 1.96. The van der Waals surface area contributed by atoms with Crippen molar-refractivity contribution < 1.29 is 14.3 Å². The number of nitrogens with zero attached hydrogens (tertiary/aromatic N) is 2. The van der Waals surface area contributed by atoms with Crippen molar-refractivity contribution in [2.45, 2.75) is 32.2 Å². The van der Waals surface area contributed by atoms with Gasteiger partial charge in [-0.05, 0) is 55.2 Å². The number of carbonyl (C=O) groups excluding carboxylic acids is 1. The van der Waals surface area contributed by atoms with E-state index in [2.05, 4.69) is 10.3 Å². The van der Waals surface area contributed by atoms with Crippen LogP contribution in [0.25, 0.3) is 10.9 Å². The molecule has 0 aliphatic carbocycles. The van der Waals surface area contributed by atoms with E-state index in [0.29, 0.717) is 40.9 Å². The maximum Gasteiger partial charge on any atom is 0.261 e. The van der Waals surface area contributed by atoms with Crippen LogP contribution in [0.1, 0.15) is 34.6 Å². The van der Waals surface area contributed by atoms with Gasteiger partial charge in [-0.2, -0.15) is 0 Å². The Labute approximate surface area is 174 Å². The minimum Gasteiger partial charge on any atom is -0.493 e. The van der Waals surface area contributed by atoms with Crippen molar-refractivity contribution in [1.82, 2.24) is 14.9 Å². The summed E-state index contributed by atoms with van der Waals surface area (Å²) < 4.78 is 12.3. The number of aromatic nitrogens is 2. The van der Waals surface area contributed by atoms with Gasteiger partial charge in [-0.15, -0.1) is 0 Å². The minimum atomic E-state index is -0.183. The first-order valence-electron chi connectivity index (χ1n) is 10.1. The summed E-state index contributed by atoms with van der Waals surface area (Å²) in [5.41, 5.74) is 2.10. The van der Waals surface area contributed by atoms with Crippen LogP contribution in [0, 0.1) is 0 Å². The van der Waals surface area contributed by atoms with Crippen LogP contribution in [-0.2, 0) is 19.4 Å². The first-order valence-corrected chi connectivity index (χ1v) is 10.1. The smallest absolute Gasteiger partial charge is 0.261 e. The van der Waals surface area contributed by atoms with Crippen molar-refractivity contribution in [2.75, 3.05) is 20.8 Å². The zero-order valence-electron chi connectivity index (χ0n) is 17.2. The highest BCUT2D eigenvalue weighted by molar-refractivity contribution is 5.97. The number of benzene rings is 2. The number of fused-ring (bicyclic) bond motifs is 2. The van der Waals surface area contributed by atoms with Crippen LogP contribution in [-0.4, -0.2) is 36.2 Å². The fraction of sp³-hybridized carbons (Fsp3) is 0.348. The Morgan fingerprint density at radius 3 is 2.73 bits per heavy atom. The predicted octanol–water partition coefficient (Wildman–Crippen LogP) is 2.72. The highest BCUT2D eigenvalue weighted by atomic mass is 16.5. The predicted molar refractivity (Wildman–Crippen MR) is 115 cm³/mol. The third kappa shape index (κ3) is 3.87. The molecule has 2 aromatic carbocycles. The average molecular weight is 407 g/mol. The van der Waals surface area contributed by atoms with Gasteiger partial charge in [0, 0.05) is 25.1 Å². The van der Waals surface area contributed by atoms with Crippen molar-refractivity contribution in [3.8, 4) is 11.5 Å². The summed E-state index contributed by atoms with van der Waals surface area (Å²) in [7, 11) is 3.20. The first-order chi connectivity index (χ1) is 14.6. The summed E-state index contributed by atoms with van der Waals surface area (Å²) in [6.45, 7) is 1.20. The van der Waals surface area contributed by atoms with Crippen molar-refractivity contribution >= 4 is 16.8 Å². The molecule has 3 aromatic rings. The molecule has 0 atom stereocenters. The van der Waals surface area contributed by atoms with Crippen molar-refractivity contribution in [2.24, 2.45) is 0 Å². The van der Waals surface area contributed by atoms with Crippen LogP contribution in [0.5, 0.6) is 11.5 Å². The number of nitrogens with one attached hydrogen (secondary N) is 1. The zero-order chi connectivity index (χ0) is 21.1. The molecule has 7 nitrogen and oxygen atoms in total. The summed E-state index contributed by atoms with van der Waals surface area (Å²) in [6, 6.07) is 10.8. The number of aryl methyl sites for hydroxylation is 1. The Hall–Kier alpha value is -3.35. The second-order valence-electron chi connectivity index (χ2n) is 7.37. The number of methoxy groups -OCH3 is 2. The molecule has 1 amide bonds. The second-order valence-corrected chi connectivity index (χ2v) is 7.37. The summed E-state index contributed by atoms with van der Waals surface area (Å²) in [6.07, 6.45) is 3.49. The van der Waals surface area contributed by atoms with Gasteiger partial charge >= 0.3 is 0 Å². The molecule has 1 aliphatic heterocycles. The van der Waals surface area contributed by atoms with E-state index in [1.165, 1.54) is 0 Å². The fourth-order valence-electron chi connectivity index (χ4n) is 3.84. The largest absolute Gasteiger partial charge is 0.493 e. The van der Waals surface area contributed by atoms with Crippen LogP contribution in [0.15, 0.2) is 41.2 Å². The molecule has 1 aliphatic rings. The summed E-state index contributed by atoms with van der Waals surface area (Å²) >= 11 is 0. The molecule has 2 heterocycles. The second kappa shape index (κ2) is 8.57. The highest BCUT2D eigenvalue weighted by Crippen LogP contribution is 2.27. The number of ether oxygens (including phenoxy) is 2. The van der Waals surface area contributed by atoms with Crippen molar-refractivity contribution in [3.05, 3.63) is 63.7 Å². The van der Waals surface area contributed by atoms with Crippen molar-refractivity contribution in [3.63, 3.8) is 0 Å². The first kappa shape index (κ1) is 19.9. The minimum absolute atomic E-state index is 0.0184. The Kier molecular flexibility index (Phi) is 5.70. The molecule has 0 saturated heterocycles.